The Morgan fingerprint density at radius 1 is 1.56 bits per heavy atom. The van der Waals surface area contributed by atoms with E-state index in [1.807, 2.05) is 0 Å². The number of allylic oxidation sites excluding steroid dienone is 2. The third-order valence-corrected chi connectivity index (χ3v) is 2.35. The first-order valence-corrected chi connectivity index (χ1v) is 3.58. The molecule has 2 bridgehead atoms. The van der Waals surface area contributed by atoms with Crippen molar-refractivity contribution >= 4 is 5.78 Å². The Kier molecular flexibility index (Phi) is 0.981. The monoisotopic (exact) mass is 122 g/mol. The molecular weight excluding hydrogens is 112 g/mol. The smallest absolute Gasteiger partial charge is 0.158 e. The van der Waals surface area contributed by atoms with Gasteiger partial charge in [0.25, 0.3) is 0 Å². The van der Waals surface area contributed by atoms with E-state index in [4.69, 9.17) is 0 Å². The van der Waals surface area contributed by atoms with Crippen LogP contribution in [0.2, 0.25) is 0 Å². The number of hydrogen-bond acceptors (Lipinski definition) is 1. The van der Waals surface area contributed by atoms with E-state index in [1.165, 1.54) is 12.8 Å². The minimum atomic E-state index is 0.414. The number of hydrogen-bond donors (Lipinski definition) is 0. The molecule has 1 nitrogen and oxygen atoms in total. The van der Waals surface area contributed by atoms with Crippen molar-refractivity contribution in [3.05, 3.63) is 11.6 Å². The van der Waals surface area contributed by atoms with Gasteiger partial charge in [-0.2, -0.15) is 0 Å². The first kappa shape index (κ1) is 5.21. The van der Waals surface area contributed by atoms with E-state index in [9.17, 15) is 4.79 Å². The van der Waals surface area contributed by atoms with Crippen molar-refractivity contribution in [3.63, 3.8) is 0 Å². The molecule has 0 amide bonds. The van der Waals surface area contributed by atoms with E-state index >= 15 is 0 Å². The summed E-state index contributed by atoms with van der Waals surface area (Å²) in [6.07, 6.45) is 6.45. The summed E-state index contributed by atoms with van der Waals surface area (Å²) in [7, 11) is 0. The number of ketones is 1. The van der Waals surface area contributed by atoms with E-state index in [0.29, 0.717) is 11.7 Å². The molecule has 0 spiro atoms. The van der Waals surface area contributed by atoms with Crippen LogP contribution in [0, 0.1) is 5.92 Å². The second-order valence-corrected chi connectivity index (χ2v) is 3.00. The van der Waals surface area contributed by atoms with Crippen molar-refractivity contribution in [2.24, 2.45) is 5.92 Å². The van der Waals surface area contributed by atoms with Crippen LogP contribution in [-0.2, 0) is 4.79 Å². The van der Waals surface area contributed by atoms with Crippen LogP contribution in [0.15, 0.2) is 11.6 Å². The molecule has 1 atom stereocenters. The van der Waals surface area contributed by atoms with Gasteiger partial charge in [0, 0.05) is 6.42 Å². The van der Waals surface area contributed by atoms with Crippen molar-refractivity contribution in [1.29, 1.82) is 0 Å². The van der Waals surface area contributed by atoms with Gasteiger partial charge in [0.15, 0.2) is 5.78 Å². The lowest BCUT2D eigenvalue weighted by Gasteiger charge is -2.27. The van der Waals surface area contributed by atoms with Gasteiger partial charge in [-0.1, -0.05) is 6.08 Å². The predicted molar refractivity (Wildman–Crippen MR) is 35.0 cm³/mol. The lowest BCUT2D eigenvalue weighted by Crippen LogP contribution is -2.21. The van der Waals surface area contributed by atoms with E-state index < -0.39 is 0 Å². The third kappa shape index (κ3) is 0.716. The summed E-state index contributed by atoms with van der Waals surface area (Å²) in [6, 6.07) is 0. The molecule has 0 aromatic rings. The third-order valence-electron chi connectivity index (χ3n) is 2.35. The van der Waals surface area contributed by atoms with Crippen LogP contribution < -0.4 is 0 Å². The van der Waals surface area contributed by atoms with Crippen LogP contribution >= 0.6 is 0 Å². The molecule has 48 valence electrons. The summed E-state index contributed by atoms with van der Waals surface area (Å²) < 4.78 is 0. The Bertz CT molecular complexity index is 179. The van der Waals surface area contributed by atoms with Gasteiger partial charge in [-0.15, -0.1) is 0 Å². The molecule has 1 saturated carbocycles. The molecule has 3 aliphatic carbocycles. The summed E-state index contributed by atoms with van der Waals surface area (Å²) in [5.74, 6) is 1.12. The molecule has 0 aromatic heterocycles. The molecule has 0 radical (unpaired) electrons. The standard InChI is InChI=1S/C8H10O/c9-8-5-6-1-3-7(8)4-2-6/h3,6H,1-2,4-5H2/t6-/m1/s1. The maximum Gasteiger partial charge on any atom is 0.158 e. The molecule has 0 unspecified atom stereocenters. The van der Waals surface area contributed by atoms with Crippen molar-refractivity contribution in [3.8, 4) is 0 Å². The summed E-state index contributed by atoms with van der Waals surface area (Å²) in [6.45, 7) is 0. The van der Waals surface area contributed by atoms with Crippen LogP contribution in [0.1, 0.15) is 25.7 Å². The number of Topliss-reactive ketones (excluding diaryl/α,β-unsaturated/α-hetero) is 1. The van der Waals surface area contributed by atoms with Gasteiger partial charge < -0.3 is 0 Å². The molecule has 0 saturated heterocycles. The first-order chi connectivity index (χ1) is 4.36. The molecule has 0 heterocycles. The fourth-order valence-corrected chi connectivity index (χ4v) is 1.72. The van der Waals surface area contributed by atoms with Crippen LogP contribution in [-0.4, -0.2) is 5.78 Å². The molecule has 3 aliphatic rings. The highest BCUT2D eigenvalue weighted by atomic mass is 16.1. The number of carbonyl (C=O) groups excluding carboxylic acids is 1. The minimum Gasteiger partial charge on any atom is -0.295 e. The van der Waals surface area contributed by atoms with Crippen LogP contribution in [0.5, 0.6) is 0 Å². The second-order valence-electron chi connectivity index (χ2n) is 3.00. The minimum absolute atomic E-state index is 0.414. The van der Waals surface area contributed by atoms with E-state index in [1.54, 1.807) is 0 Å². The fraction of sp³-hybridized carbons (Fsp3) is 0.625. The van der Waals surface area contributed by atoms with E-state index in [-0.39, 0.29) is 0 Å². The maximum absolute atomic E-state index is 11.0. The van der Waals surface area contributed by atoms with Gasteiger partial charge in [-0.25, -0.2) is 0 Å². The Balaban J connectivity index is 2.33. The molecular formula is C8H10O. The topological polar surface area (TPSA) is 17.1 Å². The summed E-state index contributed by atoms with van der Waals surface area (Å²) in [4.78, 5) is 11.0. The predicted octanol–water partition coefficient (Wildman–Crippen LogP) is 1.69. The molecule has 1 heteroatoms. The van der Waals surface area contributed by atoms with Crippen molar-refractivity contribution in [1.82, 2.24) is 0 Å². The summed E-state index contributed by atoms with van der Waals surface area (Å²) >= 11 is 0. The zero-order valence-corrected chi connectivity index (χ0v) is 5.39. The van der Waals surface area contributed by atoms with Gasteiger partial charge in [0.1, 0.15) is 0 Å². The molecule has 9 heavy (non-hydrogen) atoms. The maximum atomic E-state index is 11.0. The van der Waals surface area contributed by atoms with Crippen molar-refractivity contribution in [2.75, 3.05) is 0 Å². The normalized spacial score (nSPS) is 32.7. The molecule has 1 fully saturated rings. The Morgan fingerprint density at radius 2 is 2.44 bits per heavy atom. The Morgan fingerprint density at radius 3 is 2.67 bits per heavy atom. The summed E-state index contributed by atoms with van der Waals surface area (Å²) in [5.41, 5.74) is 1.11. The van der Waals surface area contributed by atoms with Crippen molar-refractivity contribution in [2.45, 2.75) is 25.7 Å². The van der Waals surface area contributed by atoms with Gasteiger partial charge in [0.2, 0.25) is 0 Å². The molecule has 0 aromatic carbocycles. The number of rotatable bonds is 0. The second kappa shape index (κ2) is 1.69. The van der Waals surface area contributed by atoms with Crippen molar-refractivity contribution < 1.29 is 4.79 Å². The average Bonchev–Trinajstić information content (AvgIpc) is 1.90. The average molecular weight is 122 g/mol. The van der Waals surface area contributed by atoms with E-state index in [0.717, 1.165) is 18.4 Å². The highest BCUT2D eigenvalue weighted by molar-refractivity contribution is 5.97. The van der Waals surface area contributed by atoms with Gasteiger partial charge in [-0.05, 0) is 30.8 Å². The largest absolute Gasteiger partial charge is 0.295 e. The quantitative estimate of drug-likeness (QED) is 0.477. The lowest BCUT2D eigenvalue weighted by molar-refractivity contribution is -0.118. The van der Waals surface area contributed by atoms with E-state index in [2.05, 4.69) is 6.08 Å². The first-order valence-electron chi connectivity index (χ1n) is 3.58. The van der Waals surface area contributed by atoms with Gasteiger partial charge in [-0.3, -0.25) is 4.79 Å². The van der Waals surface area contributed by atoms with Crippen LogP contribution in [0.25, 0.3) is 0 Å². The highest BCUT2D eigenvalue weighted by Crippen LogP contribution is 2.33. The number of carbonyl (C=O) groups is 1. The summed E-state index contributed by atoms with van der Waals surface area (Å²) in [5, 5.41) is 0. The Labute approximate surface area is 54.8 Å². The molecule has 0 aliphatic heterocycles. The zero-order valence-electron chi connectivity index (χ0n) is 5.39. The van der Waals surface area contributed by atoms with Gasteiger partial charge >= 0.3 is 0 Å². The fourth-order valence-electron chi connectivity index (χ4n) is 1.72. The Hall–Kier alpha value is -0.590. The van der Waals surface area contributed by atoms with Crippen LogP contribution in [0.3, 0.4) is 0 Å². The SMILES string of the molecule is O=C1C[C@@H]2CC=C1CC2. The lowest BCUT2D eigenvalue weighted by atomic mass is 9.77. The van der Waals surface area contributed by atoms with Crippen LogP contribution in [0.4, 0.5) is 0 Å². The molecule has 3 rings (SSSR count). The molecule has 0 N–H and O–H groups in total. The highest BCUT2D eigenvalue weighted by Gasteiger charge is 2.26. The number of fused-ring (bicyclic) bond motifs is 3. The van der Waals surface area contributed by atoms with Gasteiger partial charge in [0.05, 0.1) is 0 Å². The zero-order chi connectivity index (χ0) is 6.27.